The lowest BCUT2D eigenvalue weighted by Gasteiger charge is -2.07. The summed E-state index contributed by atoms with van der Waals surface area (Å²) < 4.78 is 0. The highest BCUT2D eigenvalue weighted by molar-refractivity contribution is 5.16. The third-order valence-corrected chi connectivity index (χ3v) is 5.64. The molecule has 0 amide bonds. The van der Waals surface area contributed by atoms with E-state index in [9.17, 15) is 0 Å². The minimum atomic E-state index is 1.07. The topological polar surface area (TPSA) is 0 Å². The molecule has 0 saturated heterocycles. The summed E-state index contributed by atoms with van der Waals surface area (Å²) in [5.41, 5.74) is 4.67. The molecular formula is C21H34. The van der Waals surface area contributed by atoms with Crippen LogP contribution >= 0.6 is 0 Å². The smallest absolute Gasteiger partial charge is 0.0286 e. The maximum atomic E-state index is 4.26. The van der Waals surface area contributed by atoms with Gasteiger partial charge in [0.2, 0.25) is 0 Å². The molecule has 0 nitrogen and oxygen atoms in total. The zero-order chi connectivity index (χ0) is 15.2. The second-order valence-electron chi connectivity index (χ2n) is 7.35. The Bertz CT molecular complexity index is 402. The van der Waals surface area contributed by atoms with Gasteiger partial charge < -0.3 is 0 Å². The fourth-order valence-corrected chi connectivity index (χ4v) is 3.34. The van der Waals surface area contributed by atoms with Gasteiger partial charge in [-0.15, -0.1) is 0 Å². The highest BCUT2D eigenvalue weighted by atomic mass is 14.7. The summed E-state index contributed by atoms with van der Waals surface area (Å²) >= 11 is 0. The largest absolute Gasteiger partial charge is 0.0999 e. The molecule has 0 heterocycles. The van der Waals surface area contributed by atoms with Gasteiger partial charge in [-0.2, -0.15) is 0 Å². The normalized spacial score (nSPS) is 27.5. The van der Waals surface area contributed by atoms with Crippen LogP contribution in [-0.4, -0.2) is 0 Å². The fraction of sp³-hybridized carbons (Fsp3) is 0.714. The number of rotatable bonds is 11. The predicted molar refractivity (Wildman–Crippen MR) is 94.4 cm³/mol. The molecule has 2 fully saturated rings. The SMILES string of the molecule is C=C(CCCCC=CCCC(C)=C(C)CC)CC1C2CC12. The molecule has 2 aliphatic rings. The molecule has 0 radical (unpaired) electrons. The van der Waals surface area contributed by atoms with E-state index < -0.39 is 0 Å². The van der Waals surface area contributed by atoms with Crippen LogP contribution in [0.25, 0.3) is 0 Å². The van der Waals surface area contributed by atoms with Crippen molar-refractivity contribution in [2.24, 2.45) is 17.8 Å². The van der Waals surface area contributed by atoms with Gasteiger partial charge in [-0.3, -0.25) is 0 Å². The van der Waals surface area contributed by atoms with Crippen molar-refractivity contribution in [1.82, 2.24) is 0 Å². The van der Waals surface area contributed by atoms with Crippen molar-refractivity contribution in [1.29, 1.82) is 0 Å². The lowest BCUT2D eigenvalue weighted by molar-refractivity contribution is 0.587. The van der Waals surface area contributed by atoms with Gasteiger partial charge in [0.05, 0.1) is 0 Å². The minimum absolute atomic E-state index is 1.07. The van der Waals surface area contributed by atoms with Crippen molar-refractivity contribution in [2.75, 3.05) is 0 Å². The van der Waals surface area contributed by atoms with Crippen LogP contribution in [0.5, 0.6) is 0 Å². The third-order valence-electron chi connectivity index (χ3n) is 5.64. The molecule has 0 bridgehead atoms. The maximum Gasteiger partial charge on any atom is -0.0286 e. The summed E-state index contributed by atoms with van der Waals surface area (Å²) in [7, 11) is 0. The summed E-state index contributed by atoms with van der Waals surface area (Å²) in [6, 6.07) is 0. The van der Waals surface area contributed by atoms with Gasteiger partial charge >= 0.3 is 0 Å². The van der Waals surface area contributed by atoms with Crippen molar-refractivity contribution in [3.8, 4) is 0 Å². The highest BCUT2D eigenvalue weighted by Gasteiger charge is 2.63. The van der Waals surface area contributed by atoms with E-state index in [0.717, 1.165) is 17.8 Å². The average Bonchev–Trinajstić information content (AvgIpc) is 3.37. The van der Waals surface area contributed by atoms with Crippen LogP contribution in [0.15, 0.2) is 35.5 Å². The zero-order valence-corrected chi connectivity index (χ0v) is 14.5. The number of unbranched alkanes of at least 4 members (excludes halogenated alkanes) is 2. The molecular weight excluding hydrogens is 252 g/mol. The second kappa shape index (κ2) is 8.01. The fourth-order valence-electron chi connectivity index (χ4n) is 3.34. The molecule has 2 aliphatic carbocycles. The van der Waals surface area contributed by atoms with E-state index in [1.54, 1.807) is 11.1 Å². The van der Waals surface area contributed by atoms with E-state index in [1.807, 2.05) is 0 Å². The van der Waals surface area contributed by atoms with Gasteiger partial charge in [0, 0.05) is 0 Å². The Labute approximate surface area is 132 Å². The summed E-state index contributed by atoms with van der Waals surface area (Å²) in [5, 5.41) is 0. The van der Waals surface area contributed by atoms with Crippen LogP contribution in [0.2, 0.25) is 0 Å². The first-order chi connectivity index (χ1) is 10.1. The zero-order valence-electron chi connectivity index (χ0n) is 14.5. The molecule has 0 aromatic rings. The Balaban J connectivity index is 1.42. The molecule has 0 aromatic heterocycles. The van der Waals surface area contributed by atoms with Gasteiger partial charge in [0.15, 0.2) is 0 Å². The van der Waals surface area contributed by atoms with E-state index in [-0.39, 0.29) is 0 Å². The number of hydrogen-bond acceptors (Lipinski definition) is 0. The first-order valence-corrected chi connectivity index (χ1v) is 9.10. The summed E-state index contributed by atoms with van der Waals surface area (Å²) in [4.78, 5) is 0. The summed E-state index contributed by atoms with van der Waals surface area (Å²) in [6.45, 7) is 11.0. The Kier molecular flexibility index (Phi) is 6.33. The molecule has 0 N–H and O–H groups in total. The van der Waals surface area contributed by atoms with Gasteiger partial charge in [0.1, 0.15) is 0 Å². The molecule has 2 unspecified atom stereocenters. The van der Waals surface area contributed by atoms with Crippen molar-refractivity contribution in [3.05, 3.63) is 35.5 Å². The third kappa shape index (κ3) is 5.49. The van der Waals surface area contributed by atoms with Gasteiger partial charge in [-0.05, 0) is 89.4 Å². The van der Waals surface area contributed by atoms with E-state index in [0.29, 0.717) is 0 Å². The Morgan fingerprint density at radius 2 is 1.71 bits per heavy atom. The molecule has 21 heavy (non-hydrogen) atoms. The number of fused-ring (bicyclic) bond motifs is 1. The van der Waals surface area contributed by atoms with E-state index in [1.165, 1.54) is 63.4 Å². The number of allylic oxidation sites excluding steroid dienone is 5. The quantitative estimate of drug-likeness (QED) is 0.288. The Morgan fingerprint density at radius 1 is 1.00 bits per heavy atom. The van der Waals surface area contributed by atoms with Crippen LogP contribution in [-0.2, 0) is 0 Å². The van der Waals surface area contributed by atoms with Crippen LogP contribution in [0.4, 0.5) is 0 Å². The molecule has 0 aliphatic heterocycles. The lowest BCUT2D eigenvalue weighted by atomic mass is 9.99. The Hall–Kier alpha value is -0.780. The van der Waals surface area contributed by atoms with Gasteiger partial charge in [0.25, 0.3) is 0 Å². The van der Waals surface area contributed by atoms with Crippen LogP contribution in [0.1, 0.15) is 78.6 Å². The van der Waals surface area contributed by atoms with Crippen molar-refractivity contribution in [2.45, 2.75) is 78.6 Å². The predicted octanol–water partition coefficient (Wildman–Crippen LogP) is 6.84. The molecule has 2 rings (SSSR count). The molecule has 118 valence electrons. The second-order valence-corrected chi connectivity index (χ2v) is 7.35. The summed E-state index contributed by atoms with van der Waals surface area (Å²) in [5.74, 6) is 3.34. The lowest BCUT2D eigenvalue weighted by Crippen LogP contribution is -1.92. The van der Waals surface area contributed by atoms with Crippen molar-refractivity contribution < 1.29 is 0 Å². The first-order valence-electron chi connectivity index (χ1n) is 9.10. The van der Waals surface area contributed by atoms with Crippen LogP contribution in [0.3, 0.4) is 0 Å². The summed E-state index contributed by atoms with van der Waals surface area (Å²) in [6.07, 6.45) is 16.4. The van der Waals surface area contributed by atoms with E-state index >= 15 is 0 Å². The van der Waals surface area contributed by atoms with E-state index in [4.69, 9.17) is 0 Å². The van der Waals surface area contributed by atoms with Crippen LogP contribution in [0, 0.1) is 17.8 Å². The minimum Gasteiger partial charge on any atom is -0.0999 e. The number of hydrogen-bond donors (Lipinski definition) is 0. The van der Waals surface area contributed by atoms with Gasteiger partial charge in [-0.1, -0.05) is 42.4 Å². The molecule has 2 saturated carbocycles. The molecule has 2 atom stereocenters. The first kappa shape index (κ1) is 16.6. The highest BCUT2D eigenvalue weighted by Crippen LogP contribution is 2.70. The monoisotopic (exact) mass is 286 g/mol. The molecule has 0 spiro atoms. The Morgan fingerprint density at radius 3 is 2.33 bits per heavy atom. The maximum absolute atomic E-state index is 4.26. The average molecular weight is 287 g/mol. The van der Waals surface area contributed by atoms with Gasteiger partial charge in [-0.25, -0.2) is 0 Å². The van der Waals surface area contributed by atoms with Crippen molar-refractivity contribution in [3.63, 3.8) is 0 Å². The van der Waals surface area contributed by atoms with E-state index in [2.05, 4.69) is 39.5 Å². The van der Waals surface area contributed by atoms with Crippen LogP contribution < -0.4 is 0 Å². The molecule has 0 aromatic carbocycles. The van der Waals surface area contributed by atoms with Crippen molar-refractivity contribution >= 4 is 0 Å². The molecule has 0 heteroatoms. The standard InChI is InChI=1S/C21H34/c1-5-17(3)18(4)13-11-9-7-6-8-10-12-16(2)14-19-20-15-21(19)20/h7,9,19-21H,2,5-6,8,10-15H2,1,3-4H3.